The summed E-state index contributed by atoms with van der Waals surface area (Å²) >= 11 is 0. The minimum Gasteiger partial charge on any atom is -0.748 e. The summed E-state index contributed by atoms with van der Waals surface area (Å²) in [7, 11) is -4.17. The summed E-state index contributed by atoms with van der Waals surface area (Å²) < 4.78 is 34.2. The van der Waals surface area contributed by atoms with Gasteiger partial charge in [-0.25, -0.2) is 8.42 Å². The fraction of sp³-hybridized carbons (Fsp3) is 1.00. The van der Waals surface area contributed by atoms with Gasteiger partial charge in [0.15, 0.2) is 0 Å². The molecule has 1 N–H and O–H groups in total. The Morgan fingerprint density at radius 2 is 0.964 bits per heavy atom. The van der Waals surface area contributed by atoms with Crippen LogP contribution in [0, 0.1) is 0 Å². The van der Waals surface area contributed by atoms with Crippen molar-refractivity contribution in [3.05, 3.63) is 0 Å². The number of hydrogen-bond acceptors (Lipinski definition) is 4. The van der Waals surface area contributed by atoms with Gasteiger partial charge in [-0.3, -0.25) is 0 Å². The van der Waals surface area contributed by atoms with E-state index in [9.17, 15) is 13.0 Å². The van der Waals surface area contributed by atoms with Crippen LogP contribution in [0.15, 0.2) is 0 Å². The van der Waals surface area contributed by atoms with E-state index in [0.29, 0.717) is 12.8 Å². The zero-order valence-corrected chi connectivity index (χ0v) is 21.6. The van der Waals surface area contributed by atoms with E-state index in [2.05, 4.69) is 6.92 Å². The van der Waals surface area contributed by atoms with Crippen LogP contribution in [0.25, 0.3) is 0 Å². The van der Waals surface area contributed by atoms with Crippen LogP contribution in [0.3, 0.4) is 0 Å². The van der Waals surface area contributed by atoms with Gasteiger partial charge in [0, 0.05) is 11.9 Å². The molecule has 0 saturated heterocycles. The van der Waals surface area contributed by atoms with Crippen LogP contribution in [-0.2, 0) is 10.1 Å². The van der Waals surface area contributed by atoms with E-state index in [1.54, 1.807) is 0 Å². The first kappa shape index (κ1) is 31.1. The van der Waals surface area contributed by atoms with Gasteiger partial charge < -0.3 is 9.66 Å². The Morgan fingerprint density at radius 3 is 1.29 bits per heavy atom. The van der Waals surface area contributed by atoms with Crippen molar-refractivity contribution in [1.29, 1.82) is 0 Å². The van der Waals surface area contributed by atoms with Gasteiger partial charge in [0.2, 0.25) is 0 Å². The first-order chi connectivity index (χ1) is 13.0. The van der Waals surface area contributed by atoms with Crippen molar-refractivity contribution in [2.45, 2.75) is 134 Å². The maximum absolute atomic E-state index is 11.4. The number of aliphatic hydroxyl groups excluding tert-OH is 1. The molecule has 0 radical (unpaired) electrons. The van der Waals surface area contributed by atoms with Crippen LogP contribution in [-0.4, -0.2) is 29.9 Å². The minimum absolute atomic E-state index is 0. The molecular formula is C22H45NaO4S. The second-order valence-electron chi connectivity index (χ2n) is 8.07. The second-order valence-corrected chi connectivity index (χ2v) is 9.72. The molecule has 1 atom stereocenters. The molecule has 0 aromatic heterocycles. The normalized spacial score (nSPS) is 12.7. The van der Waals surface area contributed by atoms with E-state index in [-0.39, 0.29) is 36.2 Å². The quantitative estimate of drug-likeness (QED) is 0.173. The molecule has 0 bridgehead atoms. The topological polar surface area (TPSA) is 77.4 Å². The Balaban J connectivity index is 0. The Bertz CT molecular complexity index is 401. The molecule has 0 heterocycles. The van der Waals surface area contributed by atoms with E-state index < -0.39 is 15.4 Å². The molecule has 28 heavy (non-hydrogen) atoms. The largest absolute Gasteiger partial charge is 1.00 e. The van der Waals surface area contributed by atoms with Crippen LogP contribution in [0.4, 0.5) is 0 Å². The molecule has 0 saturated carbocycles. The molecular weight excluding hydrogens is 383 g/mol. The van der Waals surface area contributed by atoms with Crippen molar-refractivity contribution in [2.24, 2.45) is 0 Å². The standard InChI is InChI=1S/C22H46O4S.Na/c1-2-3-4-5-6-7-8-9-10-11-12-13-16-19-22(27(24,25)26)20-17-14-15-18-21-23;/h22-23H,2-21H2,1H3,(H,24,25,26);/q;+1/p-1. The molecule has 1 unspecified atom stereocenters. The molecule has 0 amide bonds. The van der Waals surface area contributed by atoms with E-state index in [1.165, 1.54) is 64.2 Å². The molecule has 164 valence electrons. The molecule has 4 nitrogen and oxygen atoms in total. The molecule has 0 aliphatic rings. The predicted molar refractivity (Wildman–Crippen MR) is 114 cm³/mol. The van der Waals surface area contributed by atoms with Gasteiger partial charge in [0.25, 0.3) is 0 Å². The monoisotopic (exact) mass is 428 g/mol. The van der Waals surface area contributed by atoms with E-state index >= 15 is 0 Å². The van der Waals surface area contributed by atoms with Crippen LogP contribution in [0.1, 0.15) is 129 Å². The minimum atomic E-state index is -4.17. The van der Waals surface area contributed by atoms with E-state index in [4.69, 9.17) is 5.11 Å². The van der Waals surface area contributed by atoms with Crippen molar-refractivity contribution in [3.8, 4) is 0 Å². The molecule has 0 aromatic carbocycles. The number of aliphatic hydroxyl groups is 1. The molecule has 0 spiro atoms. The van der Waals surface area contributed by atoms with Gasteiger partial charge in [-0.05, 0) is 19.3 Å². The third-order valence-electron chi connectivity index (χ3n) is 5.47. The average Bonchev–Trinajstić information content (AvgIpc) is 2.62. The Labute approximate surface area is 197 Å². The summed E-state index contributed by atoms with van der Waals surface area (Å²) in [6.07, 6.45) is 20.7. The summed E-state index contributed by atoms with van der Waals surface area (Å²) in [5, 5.41) is 8.04. The third-order valence-corrected chi connectivity index (χ3v) is 6.76. The maximum Gasteiger partial charge on any atom is 1.00 e. The third kappa shape index (κ3) is 21.6. The van der Waals surface area contributed by atoms with Gasteiger partial charge in [-0.15, -0.1) is 0 Å². The average molecular weight is 429 g/mol. The Morgan fingerprint density at radius 1 is 0.643 bits per heavy atom. The first-order valence-corrected chi connectivity index (χ1v) is 13.0. The number of rotatable bonds is 21. The van der Waals surface area contributed by atoms with Crippen molar-refractivity contribution in [1.82, 2.24) is 0 Å². The first-order valence-electron chi connectivity index (χ1n) is 11.6. The Kier molecular flexibility index (Phi) is 25.0. The molecule has 0 fully saturated rings. The van der Waals surface area contributed by atoms with Crippen LogP contribution < -0.4 is 29.6 Å². The molecule has 6 heteroatoms. The van der Waals surface area contributed by atoms with Crippen molar-refractivity contribution < 1.29 is 47.6 Å². The van der Waals surface area contributed by atoms with Gasteiger partial charge in [-0.2, -0.15) is 0 Å². The smallest absolute Gasteiger partial charge is 0.748 e. The summed E-state index contributed by atoms with van der Waals surface area (Å²) in [5.41, 5.74) is 0. The van der Waals surface area contributed by atoms with Crippen molar-refractivity contribution in [3.63, 3.8) is 0 Å². The summed E-state index contributed by atoms with van der Waals surface area (Å²) in [5.74, 6) is 0. The fourth-order valence-electron chi connectivity index (χ4n) is 3.66. The molecule has 0 aromatic rings. The summed E-state index contributed by atoms with van der Waals surface area (Å²) in [4.78, 5) is 0. The number of unbranched alkanes of at least 4 members (excludes halogenated alkanes) is 15. The Hall–Kier alpha value is 0.870. The fourth-order valence-corrected chi connectivity index (χ4v) is 4.57. The summed E-state index contributed by atoms with van der Waals surface area (Å²) in [6, 6.07) is 0. The van der Waals surface area contributed by atoms with E-state index in [0.717, 1.165) is 44.9 Å². The van der Waals surface area contributed by atoms with Gasteiger partial charge in [0.1, 0.15) is 0 Å². The number of hydrogen-bond donors (Lipinski definition) is 1. The predicted octanol–water partition coefficient (Wildman–Crippen LogP) is 3.33. The van der Waals surface area contributed by atoms with Crippen LogP contribution in [0.5, 0.6) is 0 Å². The second kappa shape index (κ2) is 22.6. The molecule has 0 aliphatic heterocycles. The zero-order valence-electron chi connectivity index (χ0n) is 18.8. The summed E-state index contributed by atoms with van der Waals surface area (Å²) in [6.45, 7) is 2.43. The van der Waals surface area contributed by atoms with Gasteiger partial charge in [0.05, 0.1) is 10.1 Å². The van der Waals surface area contributed by atoms with Crippen LogP contribution in [0.2, 0.25) is 0 Å². The van der Waals surface area contributed by atoms with Gasteiger partial charge in [-0.1, -0.05) is 110 Å². The SMILES string of the molecule is CCCCCCCCCCCCCCCC(CCCCCCO)S(=O)(=O)[O-].[Na+]. The van der Waals surface area contributed by atoms with Gasteiger partial charge >= 0.3 is 29.6 Å². The van der Waals surface area contributed by atoms with Crippen molar-refractivity contribution in [2.75, 3.05) is 6.61 Å². The van der Waals surface area contributed by atoms with E-state index in [1.807, 2.05) is 0 Å². The maximum atomic E-state index is 11.4. The van der Waals surface area contributed by atoms with Crippen LogP contribution >= 0.6 is 0 Å². The van der Waals surface area contributed by atoms with Crippen molar-refractivity contribution >= 4 is 10.1 Å². The molecule has 0 aliphatic carbocycles. The zero-order chi connectivity index (χ0) is 20.2. The molecule has 0 rings (SSSR count).